The molecule has 1 aromatic rings. The molecule has 1 rings (SSSR count). The van der Waals surface area contributed by atoms with Gasteiger partial charge in [0.25, 0.3) is 0 Å². The van der Waals surface area contributed by atoms with Crippen LogP contribution in [0.4, 0.5) is 13.2 Å². The van der Waals surface area contributed by atoms with Crippen molar-refractivity contribution in [2.24, 2.45) is 16.5 Å². The first kappa shape index (κ1) is 14.1. The molecule has 0 saturated heterocycles. The fourth-order valence-electron chi connectivity index (χ4n) is 1.47. The van der Waals surface area contributed by atoms with Gasteiger partial charge >= 0.3 is 6.36 Å². The van der Waals surface area contributed by atoms with Crippen molar-refractivity contribution < 1.29 is 17.9 Å². The van der Waals surface area contributed by atoms with Gasteiger partial charge in [0.1, 0.15) is 5.75 Å². The number of rotatable bonds is 4. The highest BCUT2D eigenvalue weighted by atomic mass is 19.4. The Hall–Kier alpha value is -1.92. The Morgan fingerprint density at radius 3 is 2.28 bits per heavy atom. The molecule has 0 aromatic heterocycles. The molecule has 7 heteroatoms. The Morgan fingerprint density at radius 1 is 1.28 bits per heavy atom. The molecular formula is C11H14F3N3O. The number of benzene rings is 1. The number of ether oxygens (including phenoxy) is 1. The number of halogens is 3. The van der Waals surface area contributed by atoms with Gasteiger partial charge in [-0.2, -0.15) is 0 Å². The van der Waals surface area contributed by atoms with Crippen LogP contribution in [0, 0.1) is 0 Å². The zero-order chi connectivity index (χ0) is 13.8. The highest BCUT2D eigenvalue weighted by Gasteiger charge is 2.30. The zero-order valence-electron chi connectivity index (χ0n) is 9.74. The number of nitrogens with two attached hydrogens (primary N) is 2. The van der Waals surface area contributed by atoms with E-state index in [0.717, 1.165) is 5.56 Å². The van der Waals surface area contributed by atoms with E-state index >= 15 is 0 Å². The summed E-state index contributed by atoms with van der Waals surface area (Å²) in [5.74, 6) is -0.264. The van der Waals surface area contributed by atoms with E-state index in [1.165, 1.54) is 12.1 Å². The average Bonchev–Trinajstić information content (AvgIpc) is 2.17. The van der Waals surface area contributed by atoms with Gasteiger partial charge in [-0.1, -0.05) is 12.1 Å². The highest BCUT2D eigenvalue weighted by molar-refractivity contribution is 5.75. The van der Waals surface area contributed by atoms with Crippen LogP contribution in [0.15, 0.2) is 29.3 Å². The first-order valence-electron chi connectivity index (χ1n) is 5.19. The fourth-order valence-corrected chi connectivity index (χ4v) is 1.47. The maximum Gasteiger partial charge on any atom is 0.573 e. The molecule has 0 bridgehead atoms. The summed E-state index contributed by atoms with van der Waals surface area (Å²) in [5.41, 5.74) is 11.3. The molecule has 4 N–H and O–H groups in total. The summed E-state index contributed by atoms with van der Waals surface area (Å²) in [6, 6.07) is 5.46. The van der Waals surface area contributed by atoms with Crippen molar-refractivity contribution in [1.29, 1.82) is 0 Å². The second kappa shape index (κ2) is 5.61. The van der Waals surface area contributed by atoms with Crippen LogP contribution >= 0.6 is 0 Å². The lowest BCUT2D eigenvalue weighted by atomic mass is 10.1. The number of hydrogen-bond acceptors (Lipinski definition) is 2. The Labute approximate surface area is 102 Å². The Kier molecular flexibility index (Phi) is 4.41. The minimum Gasteiger partial charge on any atom is -0.406 e. The normalized spacial score (nSPS) is 12.9. The van der Waals surface area contributed by atoms with Crippen LogP contribution in [-0.2, 0) is 6.42 Å². The maximum atomic E-state index is 11.9. The van der Waals surface area contributed by atoms with Gasteiger partial charge in [-0.15, -0.1) is 13.2 Å². The third-order valence-electron chi connectivity index (χ3n) is 2.06. The van der Waals surface area contributed by atoms with Gasteiger partial charge in [0.15, 0.2) is 5.96 Å². The summed E-state index contributed by atoms with van der Waals surface area (Å²) in [4.78, 5) is 3.92. The fraction of sp³-hybridized carbons (Fsp3) is 0.364. The molecule has 100 valence electrons. The van der Waals surface area contributed by atoms with Gasteiger partial charge in [-0.25, -0.2) is 0 Å². The Morgan fingerprint density at radius 2 is 1.83 bits per heavy atom. The first-order chi connectivity index (χ1) is 8.26. The number of hydrogen-bond donors (Lipinski definition) is 2. The summed E-state index contributed by atoms with van der Waals surface area (Å²) in [7, 11) is 0. The molecule has 0 saturated carbocycles. The van der Waals surface area contributed by atoms with E-state index in [0.29, 0.717) is 6.42 Å². The summed E-state index contributed by atoms with van der Waals surface area (Å²) >= 11 is 0. The lowest BCUT2D eigenvalue weighted by Gasteiger charge is -2.10. The van der Waals surface area contributed by atoms with Crippen molar-refractivity contribution in [2.45, 2.75) is 25.7 Å². The molecule has 1 unspecified atom stereocenters. The molecule has 18 heavy (non-hydrogen) atoms. The van der Waals surface area contributed by atoms with Gasteiger partial charge in [-0.05, 0) is 31.0 Å². The van der Waals surface area contributed by atoms with E-state index in [9.17, 15) is 13.2 Å². The number of aliphatic imine (C=N–C) groups is 1. The van der Waals surface area contributed by atoms with E-state index in [1.54, 1.807) is 19.1 Å². The lowest BCUT2D eigenvalue weighted by molar-refractivity contribution is -0.274. The predicted molar refractivity (Wildman–Crippen MR) is 62.1 cm³/mol. The average molecular weight is 261 g/mol. The second-order valence-electron chi connectivity index (χ2n) is 3.80. The van der Waals surface area contributed by atoms with Crippen molar-refractivity contribution >= 4 is 5.96 Å². The Bertz CT molecular complexity index is 411. The second-order valence-corrected chi connectivity index (χ2v) is 3.80. The zero-order valence-corrected chi connectivity index (χ0v) is 9.74. The van der Waals surface area contributed by atoms with Gasteiger partial charge in [0, 0.05) is 0 Å². The van der Waals surface area contributed by atoms with Gasteiger partial charge in [0.2, 0.25) is 0 Å². The SMILES string of the molecule is CC(Cc1ccc(OC(F)(F)F)cc1)N=C(N)N. The van der Waals surface area contributed by atoms with Crippen LogP contribution in [0.25, 0.3) is 0 Å². The summed E-state index contributed by atoms with van der Waals surface area (Å²) in [5, 5.41) is 0. The molecule has 0 aliphatic carbocycles. The van der Waals surface area contributed by atoms with Gasteiger partial charge < -0.3 is 16.2 Å². The molecule has 0 heterocycles. The largest absolute Gasteiger partial charge is 0.573 e. The quantitative estimate of drug-likeness (QED) is 0.641. The van der Waals surface area contributed by atoms with Crippen molar-refractivity contribution in [3.8, 4) is 5.75 Å². The van der Waals surface area contributed by atoms with E-state index < -0.39 is 6.36 Å². The van der Waals surface area contributed by atoms with Crippen LogP contribution in [0.3, 0.4) is 0 Å². The third kappa shape index (κ3) is 5.42. The summed E-state index contributed by atoms with van der Waals surface area (Å²) < 4.78 is 39.5. The molecule has 0 radical (unpaired) electrons. The third-order valence-corrected chi connectivity index (χ3v) is 2.06. The van der Waals surface area contributed by atoms with Crippen LogP contribution < -0.4 is 16.2 Å². The smallest absolute Gasteiger partial charge is 0.406 e. The van der Waals surface area contributed by atoms with Crippen molar-refractivity contribution in [3.63, 3.8) is 0 Å². The molecule has 0 spiro atoms. The van der Waals surface area contributed by atoms with Crippen LogP contribution in [-0.4, -0.2) is 18.4 Å². The lowest BCUT2D eigenvalue weighted by Crippen LogP contribution is -2.25. The van der Waals surface area contributed by atoms with Crippen molar-refractivity contribution in [2.75, 3.05) is 0 Å². The minimum atomic E-state index is -4.67. The van der Waals surface area contributed by atoms with Crippen LogP contribution in [0.5, 0.6) is 5.75 Å². The monoisotopic (exact) mass is 261 g/mol. The summed E-state index contributed by atoms with van der Waals surface area (Å²) in [6.07, 6.45) is -4.14. The van der Waals surface area contributed by atoms with E-state index in [1.807, 2.05) is 0 Å². The number of alkyl halides is 3. The standard InChI is InChI=1S/C11H14F3N3O/c1-7(17-10(15)16)6-8-2-4-9(5-3-8)18-11(12,13)14/h2-5,7H,6H2,1H3,(H4,15,16,17). The van der Waals surface area contributed by atoms with Crippen molar-refractivity contribution in [3.05, 3.63) is 29.8 Å². The van der Waals surface area contributed by atoms with E-state index in [-0.39, 0.29) is 17.8 Å². The Balaban J connectivity index is 2.63. The maximum absolute atomic E-state index is 11.9. The molecule has 0 amide bonds. The molecular weight excluding hydrogens is 247 g/mol. The molecule has 1 atom stereocenters. The number of nitrogens with zero attached hydrogens (tertiary/aromatic N) is 1. The molecule has 4 nitrogen and oxygen atoms in total. The van der Waals surface area contributed by atoms with E-state index in [2.05, 4.69) is 9.73 Å². The molecule has 0 aliphatic rings. The molecule has 1 aromatic carbocycles. The minimum absolute atomic E-state index is 0.0143. The molecule has 0 aliphatic heterocycles. The topological polar surface area (TPSA) is 73.6 Å². The number of guanidine groups is 1. The van der Waals surface area contributed by atoms with E-state index in [4.69, 9.17) is 11.5 Å². The van der Waals surface area contributed by atoms with Crippen LogP contribution in [0.1, 0.15) is 12.5 Å². The first-order valence-corrected chi connectivity index (χ1v) is 5.19. The summed E-state index contributed by atoms with van der Waals surface area (Å²) in [6.45, 7) is 1.81. The molecule has 0 fully saturated rings. The predicted octanol–water partition coefficient (Wildman–Crippen LogP) is 1.79. The van der Waals surface area contributed by atoms with Gasteiger partial charge in [-0.3, -0.25) is 4.99 Å². The van der Waals surface area contributed by atoms with Crippen molar-refractivity contribution in [1.82, 2.24) is 0 Å². The van der Waals surface area contributed by atoms with Crippen LogP contribution in [0.2, 0.25) is 0 Å². The highest BCUT2D eigenvalue weighted by Crippen LogP contribution is 2.23. The van der Waals surface area contributed by atoms with Gasteiger partial charge in [0.05, 0.1) is 6.04 Å².